The molecule has 0 spiro atoms. The molecule has 2 rings (SSSR count). The van der Waals surface area contributed by atoms with Gasteiger partial charge in [0.15, 0.2) is 5.69 Å². The Morgan fingerprint density at radius 3 is 2.75 bits per heavy atom. The Balaban J connectivity index is 2.78. The fourth-order valence-electron chi connectivity index (χ4n) is 1.68. The molecule has 0 saturated carbocycles. The van der Waals surface area contributed by atoms with Crippen molar-refractivity contribution in [1.29, 1.82) is 0 Å². The molecule has 0 aliphatic rings. The summed E-state index contributed by atoms with van der Waals surface area (Å²) in [4.78, 5) is 21.6. The molecule has 0 radical (unpaired) electrons. The zero-order valence-corrected chi connectivity index (χ0v) is 11.6. The van der Waals surface area contributed by atoms with Crippen molar-refractivity contribution in [2.45, 2.75) is 6.92 Å². The Hall–Kier alpha value is -2.49. The number of nitro benzene ring substituents is 1. The normalized spacial score (nSPS) is 10.5. The molecule has 104 valence electrons. The van der Waals surface area contributed by atoms with E-state index in [0.29, 0.717) is 0 Å². The minimum absolute atomic E-state index is 0.0169. The molecule has 0 bridgehead atoms. The summed E-state index contributed by atoms with van der Waals surface area (Å²) in [6, 6.07) is 1.11. The number of primary amides is 1. The average molecular weight is 342 g/mol. The largest absolute Gasteiger partial charge is 0.506 e. The molecular weight excluding hydrogens is 334 g/mol. The van der Waals surface area contributed by atoms with Gasteiger partial charge in [-0.05, 0) is 22.9 Å². The summed E-state index contributed by atoms with van der Waals surface area (Å²) in [7, 11) is 0. The van der Waals surface area contributed by atoms with Crippen LogP contribution in [0.1, 0.15) is 16.1 Å². The fraction of sp³-hybridized carbons (Fsp3) is 0.100. The Morgan fingerprint density at radius 2 is 2.20 bits per heavy atom. The Kier molecular flexibility index (Phi) is 3.40. The maximum atomic E-state index is 11.2. The van der Waals surface area contributed by atoms with Crippen LogP contribution in [0.25, 0.3) is 11.3 Å². The van der Waals surface area contributed by atoms with E-state index in [4.69, 9.17) is 5.73 Å². The second-order valence-electron chi connectivity index (χ2n) is 3.87. The van der Waals surface area contributed by atoms with Gasteiger partial charge in [0.1, 0.15) is 11.4 Å². The number of aromatic amines is 1. The van der Waals surface area contributed by atoms with Crippen LogP contribution in [0.2, 0.25) is 0 Å². The fourth-order valence-corrected chi connectivity index (χ4v) is 2.10. The van der Waals surface area contributed by atoms with Gasteiger partial charge in [0.2, 0.25) is 0 Å². The summed E-state index contributed by atoms with van der Waals surface area (Å²) >= 11 is 3.07. The summed E-state index contributed by atoms with van der Waals surface area (Å²) in [5.41, 5.74) is 4.85. The first-order chi connectivity index (χ1) is 9.34. The number of nitrogens with one attached hydrogen (secondary N) is 1. The quantitative estimate of drug-likeness (QED) is 0.565. The number of hydrogen-bond acceptors (Lipinski definition) is 6. The van der Waals surface area contributed by atoms with Gasteiger partial charge >= 0.3 is 0 Å². The van der Waals surface area contributed by atoms with Crippen LogP contribution < -0.4 is 5.73 Å². The van der Waals surface area contributed by atoms with E-state index in [-0.39, 0.29) is 38.4 Å². The number of hydrogen-bond donors (Lipinski definition) is 3. The molecule has 4 N–H and O–H groups in total. The summed E-state index contributed by atoms with van der Waals surface area (Å²) in [6.07, 6.45) is 0. The van der Waals surface area contributed by atoms with Crippen molar-refractivity contribution < 1.29 is 14.8 Å². The first kappa shape index (κ1) is 13.9. The van der Waals surface area contributed by atoms with Crippen LogP contribution in [0.5, 0.6) is 5.75 Å². The number of phenols is 1. The maximum absolute atomic E-state index is 11.2. The zero-order valence-electron chi connectivity index (χ0n) is 10.0. The monoisotopic (exact) mass is 341 g/mol. The number of benzene rings is 1. The van der Waals surface area contributed by atoms with E-state index in [1.54, 1.807) is 0 Å². The van der Waals surface area contributed by atoms with Crippen molar-refractivity contribution in [1.82, 2.24) is 15.4 Å². The highest BCUT2D eigenvalue weighted by molar-refractivity contribution is 9.10. The number of carbonyl (C=O) groups is 1. The summed E-state index contributed by atoms with van der Waals surface area (Å²) in [6.45, 7) is 1.48. The lowest BCUT2D eigenvalue weighted by Gasteiger charge is -2.08. The highest BCUT2D eigenvalue weighted by atomic mass is 79.9. The number of nitrogens with two attached hydrogens (primary N) is 1. The van der Waals surface area contributed by atoms with Crippen LogP contribution in [0, 0.1) is 17.0 Å². The van der Waals surface area contributed by atoms with Crippen LogP contribution in [-0.4, -0.2) is 31.3 Å². The first-order valence-corrected chi connectivity index (χ1v) is 6.01. The lowest BCUT2D eigenvalue weighted by molar-refractivity contribution is -0.385. The van der Waals surface area contributed by atoms with Crippen molar-refractivity contribution in [2.24, 2.45) is 5.73 Å². The molecule has 0 saturated heterocycles. The van der Waals surface area contributed by atoms with E-state index in [1.165, 1.54) is 6.92 Å². The third kappa shape index (κ3) is 2.09. The molecular formula is C10H8BrN5O4. The van der Waals surface area contributed by atoms with Gasteiger partial charge in [-0.1, -0.05) is 0 Å². The number of nitrogens with zero attached hydrogens (tertiary/aromatic N) is 3. The van der Waals surface area contributed by atoms with Crippen LogP contribution in [-0.2, 0) is 0 Å². The number of aromatic nitrogens is 3. The molecule has 20 heavy (non-hydrogen) atoms. The molecule has 1 aromatic heterocycles. The standard InChI is InChI=1S/C10H8BrN5O4/c1-3-5(16(19)20)2-4(9(17)6(3)11)7-8(10(12)18)14-15-13-7/h2,17H,1H3,(H2,12,18)(H,13,14,15). The molecule has 0 atom stereocenters. The van der Waals surface area contributed by atoms with Gasteiger partial charge in [-0.25, -0.2) is 0 Å². The number of carbonyl (C=O) groups excluding carboxylic acids is 1. The third-order valence-electron chi connectivity index (χ3n) is 2.69. The van der Waals surface area contributed by atoms with Gasteiger partial charge in [0.25, 0.3) is 11.6 Å². The van der Waals surface area contributed by atoms with E-state index in [1.807, 2.05) is 0 Å². The summed E-state index contributed by atoms with van der Waals surface area (Å²) < 4.78 is 0.139. The molecule has 2 aromatic rings. The van der Waals surface area contributed by atoms with Crippen LogP contribution in [0.3, 0.4) is 0 Å². The Morgan fingerprint density at radius 1 is 1.55 bits per heavy atom. The predicted octanol–water partition coefficient (Wildman–Crippen LogP) is 1.26. The number of phenolic OH excluding ortho intramolecular Hbond substituents is 1. The summed E-state index contributed by atoms with van der Waals surface area (Å²) in [5.74, 6) is -1.16. The molecule has 1 amide bonds. The van der Waals surface area contributed by atoms with Crippen LogP contribution in [0.15, 0.2) is 10.5 Å². The number of aromatic hydroxyl groups is 1. The minimum Gasteiger partial charge on any atom is -0.506 e. The van der Waals surface area contributed by atoms with Gasteiger partial charge < -0.3 is 10.8 Å². The summed E-state index contributed by atoms with van der Waals surface area (Å²) in [5, 5.41) is 30.5. The molecule has 9 nitrogen and oxygen atoms in total. The molecule has 1 aromatic carbocycles. The molecule has 1 heterocycles. The Bertz CT molecular complexity index is 727. The zero-order chi connectivity index (χ0) is 15.0. The molecule has 0 unspecified atom stereocenters. The van der Waals surface area contributed by atoms with Crippen LogP contribution in [0.4, 0.5) is 5.69 Å². The first-order valence-electron chi connectivity index (χ1n) is 5.22. The lowest BCUT2D eigenvalue weighted by Crippen LogP contribution is -2.12. The highest BCUT2D eigenvalue weighted by Crippen LogP contribution is 2.41. The number of nitro groups is 1. The number of rotatable bonds is 3. The van der Waals surface area contributed by atoms with E-state index in [9.17, 15) is 20.0 Å². The topological polar surface area (TPSA) is 148 Å². The second-order valence-corrected chi connectivity index (χ2v) is 4.67. The van der Waals surface area contributed by atoms with E-state index >= 15 is 0 Å². The molecule has 0 aliphatic carbocycles. The van der Waals surface area contributed by atoms with Gasteiger partial charge in [-0.15, -0.1) is 0 Å². The number of H-pyrrole nitrogens is 1. The highest BCUT2D eigenvalue weighted by Gasteiger charge is 2.25. The maximum Gasteiger partial charge on any atom is 0.274 e. The predicted molar refractivity (Wildman–Crippen MR) is 71.1 cm³/mol. The van der Waals surface area contributed by atoms with E-state index in [2.05, 4.69) is 31.3 Å². The van der Waals surface area contributed by atoms with Gasteiger partial charge in [-0.2, -0.15) is 15.4 Å². The molecule has 0 fully saturated rings. The average Bonchev–Trinajstić information content (AvgIpc) is 2.85. The SMILES string of the molecule is Cc1c([N+](=O)[O-])cc(-c2n[nH]nc2C(N)=O)c(O)c1Br. The van der Waals surface area contributed by atoms with Crippen LogP contribution >= 0.6 is 15.9 Å². The molecule has 0 aliphatic heterocycles. The van der Waals surface area contributed by atoms with Gasteiger partial charge in [0.05, 0.1) is 15.0 Å². The smallest absolute Gasteiger partial charge is 0.274 e. The third-order valence-corrected chi connectivity index (χ3v) is 3.66. The number of halogens is 1. The van der Waals surface area contributed by atoms with Gasteiger partial charge in [0, 0.05) is 11.6 Å². The van der Waals surface area contributed by atoms with Crippen molar-refractivity contribution in [3.05, 3.63) is 31.9 Å². The van der Waals surface area contributed by atoms with Crippen molar-refractivity contribution in [3.63, 3.8) is 0 Å². The Labute approximate surface area is 120 Å². The van der Waals surface area contributed by atoms with Crippen molar-refractivity contribution >= 4 is 27.5 Å². The van der Waals surface area contributed by atoms with Crippen molar-refractivity contribution in [3.8, 4) is 17.0 Å². The molecule has 10 heteroatoms. The minimum atomic E-state index is -0.868. The lowest BCUT2D eigenvalue weighted by atomic mass is 10.0. The second kappa shape index (κ2) is 4.89. The van der Waals surface area contributed by atoms with E-state index in [0.717, 1.165) is 6.07 Å². The van der Waals surface area contributed by atoms with E-state index < -0.39 is 10.8 Å². The van der Waals surface area contributed by atoms with Crippen molar-refractivity contribution in [2.75, 3.05) is 0 Å². The van der Waals surface area contributed by atoms with Gasteiger partial charge in [-0.3, -0.25) is 14.9 Å². The number of amides is 1.